The molecule has 28 heavy (non-hydrogen) atoms. The Bertz CT molecular complexity index is 897. The zero-order valence-corrected chi connectivity index (χ0v) is 17.0. The number of benzene rings is 2. The first-order chi connectivity index (χ1) is 13.4. The summed E-state index contributed by atoms with van der Waals surface area (Å²) in [5, 5.41) is 9.21. The van der Waals surface area contributed by atoms with Crippen molar-refractivity contribution in [1.82, 2.24) is 4.90 Å². The van der Waals surface area contributed by atoms with Crippen LogP contribution in [0.4, 0.5) is 0 Å². The summed E-state index contributed by atoms with van der Waals surface area (Å²) in [6.45, 7) is 1.95. The Kier molecular flexibility index (Phi) is 7.85. The van der Waals surface area contributed by atoms with E-state index in [-0.39, 0.29) is 11.5 Å². The minimum Gasteiger partial charge on any atom is -0.451 e. The van der Waals surface area contributed by atoms with Gasteiger partial charge in [-0.05, 0) is 42.5 Å². The molecule has 0 heterocycles. The average Bonchev–Trinajstić information content (AvgIpc) is 2.71. The molecule has 0 atom stereocenters. The number of carbonyl (C=O) groups excluding carboxylic acids is 2. The number of thioether (sulfide) groups is 1. The molecular weight excluding hydrogens is 372 g/mol. The van der Waals surface area contributed by atoms with Gasteiger partial charge in [0.2, 0.25) is 0 Å². The summed E-state index contributed by atoms with van der Waals surface area (Å²) in [7, 11) is 1.64. The molecule has 6 heteroatoms. The van der Waals surface area contributed by atoms with E-state index in [1.165, 1.54) is 11.0 Å². The topological polar surface area (TPSA) is 70.4 Å². The molecule has 1 amide bonds. The van der Waals surface area contributed by atoms with Gasteiger partial charge in [0.05, 0.1) is 0 Å². The van der Waals surface area contributed by atoms with Crippen molar-refractivity contribution in [3.8, 4) is 6.07 Å². The zero-order valence-electron chi connectivity index (χ0n) is 16.1. The average molecular weight is 394 g/mol. The molecule has 0 aliphatic heterocycles. The number of hydrogen-bond acceptors (Lipinski definition) is 5. The van der Waals surface area contributed by atoms with Gasteiger partial charge in [0.15, 0.2) is 6.61 Å². The van der Waals surface area contributed by atoms with Crippen LogP contribution in [0.1, 0.15) is 16.7 Å². The maximum Gasteiger partial charge on any atom is 0.349 e. The highest BCUT2D eigenvalue weighted by molar-refractivity contribution is 7.98. The van der Waals surface area contributed by atoms with Crippen LogP contribution in [-0.4, -0.2) is 36.7 Å². The number of carbonyl (C=O) groups is 2. The normalized spacial score (nSPS) is 10.9. The van der Waals surface area contributed by atoms with E-state index in [2.05, 4.69) is 0 Å². The van der Waals surface area contributed by atoms with E-state index in [0.717, 1.165) is 21.6 Å². The van der Waals surface area contributed by atoms with E-state index < -0.39 is 12.6 Å². The lowest BCUT2D eigenvalue weighted by molar-refractivity contribution is -0.148. The van der Waals surface area contributed by atoms with E-state index in [9.17, 15) is 14.9 Å². The van der Waals surface area contributed by atoms with Crippen molar-refractivity contribution in [1.29, 1.82) is 5.26 Å². The molecule has 2 rings (SSSR count). The molecule has 0 spiro atoms. The third kappa shape index (κ3) is 6.29. The quantitative estimate of drug-likeness (QED) is 0.309. The number of rotatable bonds is 7. The van der Waals surface area contributed by atoms with Crippen molar-refractivity contribution >= 4 is 29.7 Å². The third-order valence-corrected chi connectivity index (χ3v) is 4.80. The van der Waals surface area contributed by atoms with Crippen molar-refractivity contribution < 1.29 is 14.3 Å². The first kappa shape index (κ1) is 21.3. The molecule has 2 aromatic carbocycles. The van der Waals surface area contributed by atoms with Gasteiger partial charge in [0.1, 0.15) is 11.6 Å². The predicted molar refractivity (Wildman–Crippen MR) is 110 cm³/mol. The predicted octanol–water partition coefficient (Wildman–Crippen LogP) is 3.83. The number of hydrogen-bond donors (Lipinski definition) is 0. The molecule has 0 aromatic heterocycles. The Hall–Kier alpha value is -3.04. The van der Waals surface area contributed by atoms with Gasteiger partial charge < -0.3 is 9.64 Å². The second-order valence-electron chi connectivity index (χ2n) is 6.25. The minimum absolute atomic E-state index is 0.146. The lowest BCUT2D eigenvalue weighted by atomic mass is 10.1. The zero-order chi connectivity index (χ0) is 20.5. The van der Waals surface area contributed by atoms with E-state index in [1.54, 1.807) is 30.9 Å². The van der Waals surface area contributed by atoms with Gasteiger partial charge in [-0.3, -0.25) is 4.79 Å². The van der Waals surface area contributed by atoms with Crippen LogP contribution in [0.25, 0.3) is 6.08 Å². The summed E-state index contributed by atoms with van der Waals surface area (Å²) in [5.74, 6) is -1.15. The van der Waals surface area contributed by atoms with Crippen molar-refractivity contribution in [2.75, 3.05) is 19.9 Å². The Balaban J connectivity index is 1.91. The van der Waals surface area contributed by atoms with Gasteiger partial charge in [0.25, 0.3) is 5.91 Å². The Morgan fingerprint density at radius 1 is 1.14 bits per heavy atom. The van der Waals surface area contributed by atoms with Crippen molar-refractivity contribution in [3.63, 3.8) is 0 Å². The van der Waals surface area contributed by atoms with Crippen LogP contribution >= 0.6 is 11.8 Å². The highest BCUT2D eigenvalue weighted by atomic mass is 32.2. The molecule has 0 unspecified atom stereocenters. The maximum atomic E-state index is 12.2. The molecule has 0 aliphatic carbocycles. The lowest BCUT2D eigenvalue weighted by Crippen LogP contribution is -2.31. The van der Waals surface area contributed by atoms with Gasteiger partial charge in [0, 0.05) is 18.5 Å². The highest BCUT2D eigenvalue weighted by Crippen LogP contribution is 2.15. The number of likely N-dealkylation sites (N-methyl/N-ethyl adjacent to an activating group) is 1. The molecule has 0 bridgehead atoms. The van der Waals surface area contributed by atoms with Gasteiger partial charge in [-0.1, -0.05) is 42.0 Å². The summed E-state index contributed by atoms with van der Waals surface area (Å²) in [6.07, 6.45) is 3.45. The second kappa shape index (κ2) is 10.3. The summed E-state index contributed by atoms with van der Waals surface area (Å²) in [6, 6.07) is 17.1. The maximum absolute atomic E-state index is 12.2. The molecule has 0 N–H and O–H groups in total. The fraction of sp³-hybridized carbons (Fsp3) is 0.227. The SMILES string of the molecule is CSc1ccc(CN(C)C(=O)COC(=O)/C(C#N)=C/c2ccc(C)cc2)cc1. The van der Waals surface area contributed by atoms with Crippen molar-refractivity contribution in [2.24, 2.45) is 0 Å². The van der Waals surface area contributed by atoms with Gasteiger partial charge in [-0.15, -0.1) is 11.8 Å². The molecule has 5 nitrogen and oxygen atoms in total. The first-order valence-electron chi connectivity index (χ1n) is 8.65. The molecule has 0 aliphatic rings. The molecule has 0 saturated heterocycles. The largest absolute Gasteiger partial charge is 0.451 e. The van der Waals surface area contributed by atoms with E-state index in [0.29, 0.717) is 6.54 Å². The van der Waals surface area contributed by atoms with Gasteiger partial charge in [-0.25, -0.2) is 4.79 Å². The fourth-order valence-corrected chi connectivity index (χ4v) is 2.78. The van der Waals surface area contributed by atoms with Crippen LogP contribution in [0.2, 0.25) is 0 Å². The van der Waals surface area contributed by atoms with Crippen LogP contribution in [0.5, 0.6) is 0 Å². The smallest absolute Gasteiger partial charge is 0.349 e. The summed E-state index contributed by atoms with van der Waals surface area (Å²) in [5.41, 5.74) is 2.63. The fourth-order valence-electron chi connectivity index (χ4n) is 2.37. The number of esters is 1. The van der Waals surface area contributed by atoms with Crippen molar-refractivity contribution in [2.45, 2.75) is 18.4 Å². The molecule has 0 radical (unpaired) electrons. The molecule has 2 aromatic rings. The Morgan fingerprint density at radius 2 is 1.79 bits per heavy atom. The van der Waals surface area contributed by atoms with E-state index >= 15 is 0 Å². The van der Waals surface area contributed by atoms with E-state index in [1.807, 2.05) is 55.6 Å². The monoisotopic (exact) mass is 394 g/mol. The lowest BCUT2D eigenvalue weighted by Gasteiger charge is -2.17. The van der Waals surface area contributed by atoms with Crippen LogP contribution in [-0.2, 0) is 20.9 Å². The van der Waals surface area contributed by atoms with Crippen molar-refractivity contribution in [3.05, 3.63) is 70.8 Å². The van der Waals surface area contributed by atoms with Gasteiger partial charge >= 0.3 is 5.97 Å². The van der Waals surface area contributed by atoms with Crippen LogP contribution in [0.3, 0.4) is 0 Å². The standard InChI is InChI=1S/C22H22N2O3S/c1-16-4-6-17(7-5-16)12-19(13-23)22(26)27-15-21(25)24(2)14-18-8-10-20(28-3)11-9-18/h4-12H,14-15H2,1-3H3/b19-12+. The summed E-state index contributed by atoms with van der Waals surface area (Å²) in [4.78, 5) is 27.0. The highest BCUT2D eigenvalue weighted by Gasteiger charge is 2.16. The van der Waals surface area contributed by atoms with Gasteiger partial charge in [-0.2, -0.15) is 5.26 Å². The van der Waals surface area contributed by atoms with Crippen LogP contribution in [0.15, 0.2) is 59.0 Å². The minimum atomic E-state index is -0.811. The summed E-state index contributed by atoms with van der Waals surface area (Å²) < 4.78 is 5.02. The Morgan fingerprint density at radius 3 is 2.36 bits per heavy atom. The second-order valence-corrected chi connectivity index (χ2v) is 7.13. The summed E-state index contributed by atoms with van der Waals surface area (Å²) >= 11 is 1.65. The number of nitriles is 1. The number of ether oxygens (including phenoxy) is 1. The number of nitrogens with zero attached hydrogens (tertiary/aromatic N) is 2. The Labute approximate surface area is 169 Å². The third-order valence-electron chi connectivity index (χ3n) is 4.06. The van der Waals surface area contributed by atoms with Crippen LogP contribution in [0, 0.1) is 18.3 Å². The molecule has 0 saturated carbocycles. The molecule has 144 valence electrons. The van der Waals surface area contributed by atoms with E-state index in [4.69, 9.17) is 4.74 Å². The molecular formula is C22H22N2O3S. The number of amides is 1. The van der Waals surface area contributed by atoms with Crippen LogP contribution < -0.4 is 0 Å². The first-order valence-corrected chi connectivity index (χ1v) is 9.88. The molecule has 0 fully saturated rings. The number of aryl methyl sites for hydroxylation is 1.